The van der Waals surface area contributed by atoms with E-state index in [1.165, 1.54) is 5.57 Å². The fourth-order valence-corrected chi connectivity index (χ4v) is 6.06. The maximum atomic E-state index is 12.1. The van der Waals surface area contributed by atoms with E-state index < -0.39 is 5.97 Å². The van der Waals surface area contributed by atoms with Gasteiger partial charge in [-0.25, -0.2) is 0 Å². The molecule has 144 valence electrons. The van der Waals surface area contributed by atoms with Crippen LogP contribution in [0.4, 0.5) is 0 Å². The van der Waals surface area contributed by atoms with Gasteiger partial charge in [-0.1, -0.05) is 19.4 Å². The quantitative estimate of drug-likeness (QED) is 0.800. The lowest BCUT2D eigenvalue weighted by molar-refractivity contribution is -0.137. The maximum Gasteiger partial charge on any atom is 0.303 e. The maximum absolute atomic E-state index is 12.1. The van der Waals surface area contributed by atoms with Crippen LogP contribution >= 0.6 is 0 Å². The third-order valence-electron chi connectivity index (χ3n) is 7.50. The number of carbonyl (C=O) groups excluding carboxylic acids is 2. The Hall–Kier alpha value is -1.45. The van der Waals surface area contributed by atoms with Crippen LogP contribution in [0.5, 0.6) is 0 Å². The molecule has 1 N–H and O–H groups in total. The second-order valence-corrected chi connectivity index (χ2v) is 9.08. The Morgan fingerprint density at radius 2 is 2.00 bits per heavy atom. The molecule has 0 heterocycles. The molecule has 0 aromatic rings. The molecule has 2 fully saturated rings. The van der Waals surface area contributed by atoms with E-state index in [2.05, 4.69) is 13.8 Å². The van der Waals surface area contributed by atoms with Gasteiger partial charge in [-0.3, -0.25) is 14.4 Å². The molecule has 0 aromatic heterocycles. The van der Waals surface area contributed by atoms with E-state index in [4.69, 9.17) is 0 Å². The van der Waals surface area contributed by atoms with Crippen LogP contribution < -0.4 is 0 Å². The molecule has 26 heavy (non-hydrogen) atoms. The number of Topliss-reactive ketones (excluding diaryl/α,β-unsaturated/α-hetero) is 1. The predicted octanol–water partition coefficient (Wildman–Crippen LogP) is 4.57. The van der Waals surface area contributed by atoms with Crippen molar-refractivity contribution in [2.24, 2.45) is 29.1 Å². The molecule has 0 amide bonds. The van der Waals surface area contributed by atoms with Gasteiger partial charge in [0, 0.05) is 25.7 Å². The molecule has 0 aromatic carbocycles. The minimum atomic E-state index is -0.741. The SMILES string of the molecule is CC1CCC(=O)CCCC2C1C(CCC(=O)O)CC1=CC(=O)CC[C@@]12C. The molecule has 3 aliphatic carbocycles. The topological polar surface area (TPSA) is 71.4 Å². The summed E-state index contributed by atoms with van der Waals surface area (Å²) < 4.78 is 0. The summed E-state index contributed by atoms with van der Waals surface area (Å²) in [6.45, 7) is 4.58. The fourth-order valence-electron chi connectivity index (χ4n) is 6.06. The highest BCUT2D eigenvalue weighted by Gasteiger charge is 2.51. The van der Waals surface area contributed by atoms with Gasteiger partial charge in [0.15, 0.2) is 5.78 Å². The zero-order valence-electron chi connectivity index (χ0n) is 16.1. The molecule has 5 atom stereocenters. The van der Waals surface area contributed by atoms with Crippen molar-refractivity contribution >= 4 is 17.5 Å². The normalized spacial score (nSPS) is 38.3. The predicted molar refractivity (Wildman–Crippen MR) is 99.6 cm³/mol. The molecular weight excluding hydrogens is 328 g/mol. The standard InChI is InChI=1S/C22H32O4/c1-14-6-8-17(23)4-3-5-19-21(14)15(7-9-20(25)26)12-16-13-18(24)10-11-22(16,19)2/h13-15,19,21H,3-12H2,1-2H3,(H,25,26)/t14?,15?,19?,21?,22-/m0/s1. The van der Waals surface area contributed by atoms with E-state index >= 15 is 0 Å². The molecule has 2 saturated carbocycles. The smallest absolute Gasteiger partial charge is 0.303 e. The molecule has 4 unspecified atom stereocenters. The molecule has 4 heteroatoms. The first-order chi connectivity index (χ1) is 12.3. The number of carbonyl (C=O) groups is 3. The van der Waals surface area contributed by atoms with Gasteiger partial charge in [-0.2, -0.15) is 0 Å². The number of fused-ring (bicyclic) bond motifs is 3. The number of aliphatic carboxylic acids is 1. The second-order valence-electron chi connectivity index (χ2n) is 9.08. The Morgan fingerprint density at radius 3 is 2.73 bits per heavy atom. The van der Waals surface area contributed by atoms with Crippen molar-refractivity contribution in [2.45, 2.75) is 78.1 Å². The first kappa shape index (κ1) is 19.3. The lowest BCUT2D eigenvalue weighted by Crippen LogP contribution is -2.47. The summed E-state index contributed by atoms with van der Waals surface area (Å²) in [4.78, 5) is 35.4. The first-order valence-electron chi connectivity index (χ1n) is 10.3. The third-order valence-corrected chi connectivity index (χ3v) is 7.50. The van der Waals surface area contributed by atoms with E-state index in [-0.39, 0.29) is 17.6 Å². The summed E-state index contributed by atoms with van der Waals surface area (Å²) in [5.74, 6) is 1.50. The van der Waals surface area contributed by atoms with Crippen molar-refractivity contribution in [3.63, 3.8) is 0 Å². The molecule has 4 nitrogen and oxygen atoms in total. The Morgan fingerprint density at radius 1 is 1.23 bits per heavy atom. The molecule has 0 aliphatic heterocycles. The largest absolute Gasteiger partial charge is 0.481 e. The summed E-state index contributed by atoms with van der Waals surface area (Å²) in [6.07, 6.45) is 9.32. The summed E-state index contributed by atoms with van der Waals surface area (Å²) >= 11 is 0. The lowest BCUT2D eigenvalue weighted by atomic mass is 9.50. The Labute approximate surface area is 156 Å². The molecule has 0 radical (unpaired) electrons. The average molecular weight is 360 g/mol. The van der Waals surface area contributed by atoms with E-state index in [9.17, 15) is 19.5 Å². The van der Waals surface area contributed by atoms with Crippen molar-refractivity contribution in [3.05, 3.63) is 11.6 Å². The molecule has 3 rings (SSSR count). The van der Waals surface area contributed by atoms with Crippen LogP contribution in [-0.2, 0) is 14.4 Å². The van der Waals surface area contributed by atoms with E-state index in [1.807, 2.05) is 6.08 Å². The summed E-state index contributed by atoms with van der Waals surface area (Å²) in [5.41, 5.74) is 1.29. The van der Waals surface area contributed by atoms with Gasteiger partial charge in [-0.15, -0.1) is 0 Å². The number of hydrogen-bond acceptors (Lipinski definition) is 3. The number of allylic oxidation sites excluding steroid dienone is 2. The number of rotatable bonds is 3. The van der Waals surface area contributed by atoms with Crippen molar-refractivity contribution in [3.8, 4) is 0 Å². The van der Waals surface area contributed by atoms with Gasteiger partial charge in [-0.05, 0) is 73.7 Å². The number of carboxylic acids is 1. The van der Waals surface area contributed by atoms with Crippen LogP contribution in [0.1, 0.15) is 78.1 Å². The van der Waals surface area contributed by atoms with Crippen LogP contribution in [0.3, 0.4) is 0 Å². The van der Waals surface area contributed by atoms with Gasteiger partial charge < -0.3 is 5.11 Å². The highest BCUT2D eigenvalue weighted by atomic mass is 16.4. The first-order valence-corrected chi connectivity index (χ1v) is 10.3. The van der Waals surface area contributed by atoms with Crippen LogP contribution in [0.2, 0.25) is 0 Å². The fraction of sp³-hybridized carbons (Fsp3) is 0.773. The number of carboxylic acid groups (broad SMARTS) is 1. The number of ketones is 2. The molecule has 3 aliphatic rings. The molecule has 0 bridgehead atoms. The second kappa shape index (κ2) is 7.66. The highest BCUT2D eigenvalue weighted by molar-refractivity contribution is 5.91. The Balaban J connectivity index is 1.97. The summed E-state index contributed by atoms with van der Waals surface area (Å²) in [6, 6.07) is 0. The third kappa shape index (κ3) is 3.79. The zero-order valence-corrected chi connectivity index (χ0v) is 16.1. The van der Waals surface area contributed by atoms with Crippen molar-refractivity contribution in [1.82, 2.24) is 0 Å². The summed E-state index contributed by atoms with van der Waals surface area (Å²) in [7, 11) is 0. The Kier molecular flexibility index (Phi) is 5.69. The monoisotopic (exact) mass is 360 g/mol. The van der Waals surface area contributed by atoms with Gasteiger partial charge in [0.2, 0.25) is 0 Å². The molecule has 0 spiro atoms. The summed E-state index contributed by atoms with van der Waals surface area (Å²) in [5, 5.41) is 9.20. The molecular formula is C22H32O4. The van der Waals surface area contributed by atoms with Crippen LogP contribution in [-0.4, -0.2) is 22.6 Å². The Bertz CT molecular complexity index is 620. The van der Waals surface area contributed by atoms with Crippen LogP contribution in [0.15, 0.2) is 11.6 Å². The van der Waals surface area contributed by atoms with E-state index in [0.29, 0.717) is 55.1 Å². The van der Waals surface area contributed by atoms with E-state index in [1.54, 1.807) is 0 Å². The van der Waals surface area contributed by atoms with Gasteiger partial charge in [0.25, 0.3) is 0 Å². The minimum absolute atomic E-state index is 0.0416. The average Bonchev–Trinajstić information content (AvgIpc) is 2.65. The van der Waals surface area contributed by atoms with Crippen LogP contribution in [0, 0.1) is 29.1 Å². The van der Waals surface area contributed by atoms with Crippen molar-refractivity contribution < 1.29 is 19.5 Å². The van der Waals surface area contributed by atoms with Crippen LogP contribution in [0.25, 0.3) is 0 Å². The zero-order chi connectivity index (χ0) is 18.9. The molecule has 0 saturated heterocycles. The van der Waals surface area contributed by atoms with Gasteiger partial charge in [0.05, 0.1) is 0 Å². The van der Waals surface area contributed by atoms with Gasteiger partial charge >= 0.3 is 5.97 Å². The van der Waals surface area contributed by atoms with Gasteiger partial charge in [0.1, 0.15) is 5.78 Å². The van der Waals surface area contributed by atoms with E-state index in [0.717, 1.165) is 32.1 Å². The van der Waals surface area contributed by atoms with Crippen molar-refractivity contribution in [1.29, 1.82) is 0 Å². The van der Waals surface area contributed by atoms with Crippen molar-refractivity contribution in [2.75, 3.05) is 0 Å². The highest BCUT2D eigenvalue weighted by Crippen LogP contribution is 2.59. The lowest BCUT2D eigenvalue weighted by Gasteiger charge is -2.54. The number of hydrogen-bond donors (Lipinski definition) is 1. The minimum Gasteiger partial charge on any atom is -0.481 e.